The molecular weight excluding hydrogens is 681 g/mol. The zero-order valence-corrected chi connectivity index (χ0v) is 28.3. The van der Waals surface area contributed by atoms with Crippen molar-refractivity contribution in [3.8, 4) is 5.75 Å². The van der Waals surface area contributed by atoms with E-state index in [1.807, 2.05) is 57.2 Å². The van der Waals surface area contributed by atoms with Crippen molar-refractivity contribution in [1.29, 1.82) is 0 Å². The van der Waals surface area contributed by atoms with Crippen molar-refractivity contribution in [2.75, 3.05) is 18.4 Å². The summed E-state index contributed by atoms with van der Waals surface area (Å²) in [6.07, 6.45) is 0.759. The molecule has 0 saturated carbocycles. The van der Waals surface area contributed by atoms with Crippen LogP contribution in [0, 0.1) is 0 Å². The molecule has 0 radical (unpaired) electrons. The Labute approximate surface area is 280 Å². The Bertz CT molecular complexity index is 1670. The van der Waals surface area contributed by atoms with Gasteiger partial charge >= 0.3 is 6.09 Å². The van der Waals surface area contributed by atoms with Crippen LogP contribution in [0.1, 0.15) is 68.7 Å². The molecule has 2 fully saturated rings. The standard InChI is InChI=1S/C34H34BrCl2N3O5/c1-33(2,3)45-32(43)40-13-11-23(12-14-40)44-28-10-7-20(35)16-24(28)26-18-29(41)39-30(19-5-4-6-21(36)15-19)34(26)25-9-8-22(37)17-27(25)38-31(34)42/h4-10,15-17,23,26,30H,11-14,18H2,1-3H3,(H,38,42)(H,39,41)/t26-,30+,34?/m1/s1. The Morgan fingerprint density at radius 1 is 1.00 bits per heavy atom. The second-order valence-corrected chi connectivity index (χ2v) is 14.6. The van der Waals surface area contributed by atoms with Crippen LogP contribution in [0.15, 0.2) is 65.1 Å². The molecule has 2 N–H and O–H groups in total. The van der Waals surface area contributed by atoms with Crippen LogP contribution < -0.4 is 15.4 Å². The molecule has 1 unspecified atom stereocenters. The largest absolute Gasteiger partial charge is 0.490 e. The fourth-order valence-electron chi connectivity index (χ4n) is 6.79. The van der Waals surface area contributed by atoms with Gasteiger partial charge in [0.15, 0.2) is 0 Å². The van der Waals surface area contributed by atoms with E-state index in [4.69, 9.17) is 32.7 Å². The van der Waals surface area contributed by atoms with Gasteiger partial charge in [-0.3, -0.25) is 9.59 Å². The first kappa shape index (κ1) is 31.7. The lowest BCUT2D eigenvalue weighted by molar-refractivity contribution is -0.131. The summed E-state index contributed by atoms with van der Waals surface area (Å²) in [4.78, 5) is 42.3. The van der Waals surface area contributed by atoms with Gasteiger partial charge in [0.2, 0.25) is 11.8 Å². The molecule has 0 bridgehead atoms. The van der Waals surface area contributed by atoms with Crippen LogP contribution in [0.25, 0.3) is 0 Å². The van der Waals surface area contributed by atoms with Crippen LogP contribution in [0.2, 0.25) is 10.0 Å². The van der Waals surface area contributed by atoms with Crippen molar-refractivity contribution in [3.05, 3.63) is 91.9 Å². The molecule has 3 heterocycles. The van der Waals surface area contributed by atoms with Crippen LogP contribution in [0.4, 0.5) is 10.5 Å². The van der Waals surface area contributed by atoms with E-state index in [0.717, 1.165) is 15.6 Å². The molecule has 6 rings (SSSR count). The minimum atomic E-state index is -1.24. The number of fused-ring (bicyclic) bond motifs is 2. The van der Waals surface area contributed by atoms with Crippen molar-refractivity contribution in [3.63, 3.8) is 0 Å². The zero-order valence-electron chi connectivity index (χ0n) is 25.2. The number of hydrogen-bond donors (Lipinski definition) is 2. The van der Waals surface area contributed by atoms with Gasteiger partial charge in [0.25, 0.3) is 0 Å². The molecule has 1 spiro atoms. The van der Waals surface area contributed by atoms with E-state index in [9.17, 15) is 14.4 Å². The maximum absolute atomic E-state index is 14.4. The highest BCUT2D eigenvalue weighted by atomic mass is 79.9. The Kier molecular flexibility index (Phi) is 8.56. The first-order chi connectivity index (χ1) is 21.3. The third-order valence-corrected chi connectivity index (χ3v) is 9.63. The SMILES string of the molecule is CC(C)(C)OC(=O)N1CCC(Oc2ccc(Br)cc2[C@H]2CC(=O)N[C@@H](c3cccc(Cl)c3)C23C(=O)Nc2cc(Cl)ccc23)CC1. The molecule has 2 saturated heterocycles. The fraction of sp³-hybridized carbons (Fsp3) is 0.382. The van der Waals surface area contributed by atoms with E-state index in [-0.39, 0.29) is 30.4 Å². The van der Waals surface area contributed by atoms with Crippen LogP contribution in [0.3, 0.4) is 0 Å². The minimum Gasteiger partial charge on any atom is -0.490 e. The number of nitrogens with zero attached hydrogens (tertiary/aromatic N) is 1. The first-order valence-electron chi connectivity index (χ1n) is 15.0. The number of amides is 3. The average molecular weight is 715 g/mol. The van der Waals surface area contributed by atoms with Crippen molar-refractivity contribution in [2.24, 2.45) is 0 Å². The van der Waals surface area contributed by atoms with E-state index in [1.54, 1.807) is 29.2 Å². The quantitative estimate of drug-likeness (QED) is 0.288. The summed E-state index contributed by atoms with van der Waals surface area (Å²) in [6, 6.07) is 17.6. The van der Waals surface area contributed by atoms with Gasteiger partial charge in [-0.15, -0.1) is 0 Å². The number of ether oxygens (including phenoxy) is 2. The van der Waals surface area contributed by atoms with Crippen LogP contribution in [0.5, 0.6) is 5.75 Å². The normalized spacial score (nSPS) is 23.4. The maximum atomic E-state index is 14.4. The number of nitrogens with one attached hydrogen (secondary N) is 2. The van der Waals surface area contributed by atoms with Crippen LogP contribution in [-0.4, -0.2) is 47.6 Å². The summed E-state index contributed by atoms with van der Waals surface area (Å²) < 4.78 is 13.0. The predicted octanol–water partition coefficient (Wildman–Crippen LogP) is 7.77. The van der Waals surface area contributed by atoms with Crippen LogP contribution >= 0.6 is 39.1 Å². The van der Waals surface area contributed by atoms with E-state index in [0.29, 0.717) is 53.0 Å². The number of likely N-dealkylation sites (tertiary alicyclic amines) is 1. The molecule has 0 aromatic heterocycles. The van der Waals surface area contributed by atoms with Crippen molar-refractivity contribution in [1.82, 2.24) is 10.2 Å². The summed E-state index contributed by atoms with van der Waals surface area (Å²) >= 11 is 16.4. The molecule has 3 aliphatic rings. The second-order valence-electron chi connectivity index (χ2n) is 12.8. The summed E-state index contributed by atoms with van der Waals surface area (Å²) in [5.41, 5.74) is 0.982. The van der Waals surface area contributed by atoms with E-state index in [1.165, 1.54) is 0 Å². The summed E-state index contributed by atoms with van der Waals surface area (Å²) in [6.45, 7) is 6.54. The fourth-order valence-corrected chi connectivity index (χ4v) is 7.54. The highest BCUT2D eigenvalue weighted by Crippen LogP contribution is 2.59. The molecule has 45 heavy (non-hydrogen) atoms. The number of carbonyl (C=O) groups excluding carboxylic acids is 3. The van der Waals surface area contributed by atoms with Crippen LogP contribution in [-0.2, 0) is 19.7 Å². The molecule has 8 nitrogen and oxygen atoms in total. The van der Waals surface area contributed by atoms with Gasteiger partial charge in [0.05, 0.1) is 6.04 Å². The lowest BCUT2D eigenvalue weighted by Gasteiger charge is -2.47. The number of halogens is 3. The topological polar surface area (TPSA) is 97.0 Å². The van der Waals surface area contributed by atoms with Gasteiger partial charge in [-0.2, -0.15) is 0 Å². The van der Waals surface area contributed by atoms with E-state index >= 15 is 0 Å². The summed E-state index contributed by atoms with van der Waals surface area (Å²) in [7, 11) is 0. The van der Waals surface area contributed by atoms with Gasteiger partial charge in [-0.05, 0) is 74.4 Å². The zero-order chi connectivity index (χ0) is 32.1. The van der Waals surface area contributed by atoms with Crippen molar-refractivity contribution in [2.45, 2.75) is 69.1 Å². The van der Waals surface area contributed by atoms with E-state index in [2.05, 4.69) is 26.6 Å². The molecule has 3 atom stereocenters. The molecule has 3 aliphatic heterocycles. The van der Waals surface area contributed by atoms with Gasteiger partial charge in [0.1, 0.15) is 22.9 Å². The molecule has 0 aliphatic carbocycles. The molecular formula is C34H34BrCl2N3O5. The summed E-state index contributed by atoms with van der Waals surface area (Å²) in [5, 5.41) is 7.19. The third kappa shape index (κ3) is 6.14. The predicted molar refractivity (Wildman–Crippen MR) is 177 cm³/mol. The number of carbonyl (C=O) groups is 3. The number of hydrogen-bond acceptors (Lipinski definition) is 5. The van der Waals surface area contributed by atoms with E-state index < -0.39 is 23.0 Å². The van der Waals surface area contributed by atoms with Gasteiger partial charge in [-0.1, -0.05) is 57.3 Å². The van der Waals surface area contributed by atoms with Gasteiger partial charge < -0.3 is 25.0 Å². The summed E-state index contributed by atoms with van der Waals surface area (Å²) in [5.74, 6) is -0.450. The molecule has 3 aromatic rings. The maximum Gasteiger partial charge on any atom is 0.410 e. The first-order valence-corrected chi connectivity index (χ1v) is 16.5. The number of rotatable bonds is 4. The Morgan fingerprint density at radius 2 is 1.73 bits per heavy atom. The lowest BCUT2D eigenvalue weighted by Crippen LogP contribution is -2.57. The molecule has 3 amide bonds. The average Bonchev–Trinajstić information content (AvgIpc) is 3.25. The van der Waals surface area contributed by atoms with Gasteiger partial charge in [0, 0.05) is 64.0 Å². The molecule has 3 aromatic carbocycles. The Balaban J connectivity index is 1.40. The van der Waals surface area contributed by atoms with Gasteiger partial charge in [-0.25, -0.2) is 4.79 Å². The lowest BCUT2D eigenvalue weighted by atomic mass is 9.59. The Hall–Kier alpha value is -3.27. The molecule has 11 heteroatoms. The number of piperidine rings is 2. The number of benzene rings is 3. The highest BCUT2D eigenvalue weighted by molar-refractivity contribution is 9.10. The van der Waals surface area contributed by atoms with Crippen molar-refractivity contribution < 1.29 is 23.9 Å². The van der Waals surface area contributed by atoms with Crippen molar-refractivity contribution >= 4 is 62.7 Å². The minimum absolute atomic E-state index is 0.0520. The highest BCUT2D eigenvalue weighted by Gasteiger charge is 2.61. The third-order valence-electron chi connectivity index (χ3n) is 8.67. The smallest absolute Gasteiger partial charge is 0.410 e. The second kappa shape index (κ2) is 12.2. The molecule has 236 valence electrons. The number of anilines is 1. The monoisotopic (exact) mass is 713 g/mol. The Morgan fingerprint density at radius 3 is 2.44 bits per heavy atom.